The van der Waals surface area contributed by atoms with Gasteiger partial charge in [0.2, 0.25) is 0 Å². The van der Waals surface area contributed by atoms with E-state index in [0.29, 0.717) is 11.3 Å². The van der Waals surface area contributed by atoms with E-state index in [1.807, 2.05) is 30.3 Å². The zero-order chi connectivity index (χ0) is 14.4. The van der Waals surface area contributed by atoms with Gasteiger partial charge in [-0.05, 0) is 30.2 Å². The minimum Gasteiger partial charge on any atom is -0.386 e. The molecule has 0 saturated carbocycles. The lowest BCUT2D eigenvalue weighted by Crippen LogP contribution is -2.14. The number of nitrogens with zero attached hydrogens (tertiary/aromatic N) is 1. The smallest absolute Gasteiger partial charge is 0.257 e. The molecule has 4 heteroatoms. The van der Waals surface area contributed by atoms with E-state index in [0.717, 1.165) is 17.7 Å². The number of anilines is 2. The molecular weight excluding hydrogens is 250 g/mol. The van der Waals surface area contributed by atoms with Gasteiger partial charge in [0, 0.05) is 18.9 Å². The van der Waals surface area contributed by atoms with Gasteiger partial charge in [0.15, 0.2) is 0 Å². The fourth-order valence-corrected chi connectivity index (χ4v) is 1.88. The van der Waals surface area contributed by atoms with Crippen LogP contribution >= 0.6 is 0 Å². The maximum atomic E-state index is 12.2. The van der Waals surface area contributed by atoms with Crippen molar-refractivity contribution in [2.45, 2.75) is 6.42 Å². The number of benzene rings is 1. The lowest BCUT2D eigenvalue weighted by atomic mass is 10.1. The van der Waals surface area contributed by atoms with Gasteiger partial charge in [-0.25, -0.2) is 0 Å². The molecule has 20 heavy (non-hydrogen) atoms. The van der Waals surface area contributed by atoms with Crippen LogP contribution in [-0.4, -0.2) is 17.9 Å². The number of allylic oxidation sites excluding steroid dienone is 1. The molecule has 1 amide bonds. The van der Waals surface area contributed by atoms with Crippen LogP contribution in [0.1, 0.15) is 15.9 Å². The molecule has 1 heterocycles. The Hall–Kier alpha value is -2.62. The van der Waals surface area contributed by atoms with Crippen molar-refractivity contribution in [2.24, 2.45) is 0 Å². The quantitative estimate of drug-likeness (QED) is 0.818. The van der Waals surface area contributed by atoms with Crippen molar-refractivity contribution >= 4 is 17.3 Å². The Morgan fingerprint density at radius 2 is 2.05 bits per heavy atom. The van der Waals surface area contributed by atoms with Gasteiger partial charge in [0.05, 0.1) is 17.4 Å². The normalized spacial score (nSPS) is 9.85. The Labute approximate surface area is 118 Å². The summed E-state index contributed by atoms with van der Waals surface area (Å²) in [6, 6.07) is 9.41. The number of carbonyl (C=O) groups is 1. The van der Waals surface area contributed by atoms with Crippen LogP contribution in [0.4, 0.5) is 11.4 Å². The first-order valence-electron chi connectivity index (χ1n) is 6.37. The molecule has 0 bridgehead atoms. The summed E-state index contributed by atoms with van der Waals surface area (Å²) in [5, 5.41) is 5.82. The van der Waals surface area contributed by atoms with Gasteiger partial charge in [-0.2, -0.15) is 0 Å². The monoisotopic (exact) mass is 267 g/mol. The molecular formula is C16H17N3O. The number of hydrogen-bond donors (Lipinski definition) is 2. The topological polar surface area (TPSA) is 54.0 Å². The van der Waals surface area contributed by atoms with Crippen molar-refractivity contribution in [2.75, 3.05) is 17.7 Å². The third kappa shape index (κ3) is 3.23. The summed E-state index contributed by atoms with van der Waals surface area (Å²) >= 11 is 0. The fraction of sp³-hybridized carbons (Fsp3) is 0.125. The van der Waals surface area contributed by atoms with Crippen LogP contribution in [0, 0.1) is 0 Å². The van der Waals surface area contributed by atoms with Gasteiger partial charge < -0.3 is 10.6 Å². The predicted octanol–water partition coefficient (Wildman–Crippen LogP) is 3.10. The van der Waals surface area contributed by atoms with Crippen LogP contribution in [-0.2, 0) is 6.42 Å². The Bertz CT molecular complexity index is 605. The van der Waals surface area contributed by atoms with Gasteiger partial charge in [-0.3, -0.25) is 9.78 Å². The molecule has 1 aromatic carbocycles. The Kier molecular flexibility index (Phi) is 4.50. The Morgan fingerprint density at radius 1 is 1.30 bits per heavy atom. The second kappa shape index (κ2) is 6.52. The molecule has 0 atom stereocenters. The van der Waals surface area contributed by atoms with Crippen molar-refractivity contribution in [1.29, 1.82) is 0 Å². The van der Waals surface area contributed by atoms with E-state index in [1.165, 1.54) is 0 Å². The average Bonchev–Trinajstić information content (AvgIpc) is 2.49. The molecule has 0 aliphatic heterocycles. The zero-order valence-electron chi connectivity index (χ0n) is 11.4. The summed E-state index contributed by atoms with van der Waals surface area (Å²) < 4.78 is 0. The van der Waals surface area contributed by atoms with Gasteiger partial charge in [0.25, 0.3) is 5.91 Å². The molecule has 1 aromatic heterocycles. The molecule has 2 rings (SSSR count). The van der Waals surface area contributed by atoms with E-state index in [9.17, 15) is 4.79 Å². The van der Waals surface area contributed by atoms with Gasteiger partial charge >= 0.3 is 0 Å². The number of amides is 1. The SMILES string of the molecule is C=CCc1ccc(NC(=O)c2ccncc2NC)cc1. The summed E-state index contributed by atoms with van der Waals surface area (Å²) in [5.74, 6) is -0.159. The van der Waals surface area contributed by atoms with E-state index < -0.39 is 0 Å². The number of aromatic nitrogens is 1. The van der Waals surface area contributed by atoms with Crippen molar-refractivity contribution in [3.8, 4) is 0 Å². The van der Waals surface area contributed by atoms with Crippen molar-refractivity contribution in [3.05, 3.63) is 66.5 Å². The number of carbonyl (C=O) groups excluding carboxylic acids is 1. The van der Waals surface area contributed by atoms with Gasteiger partial charge in [0.1, 0.15) is 0 Å². The average molecular weight is 267 g/mol. The minimum atomic E-state index is -0.159. The molecule has 0 radical (unpaired) electrons. The molecule has 0 aliphatic carbocycles. The molecule has 4 nitrogen and oxygen atoms in total. The second-order valence-electron chi connectivity index (χ2n) is 4.32. The summed E-state index contributed by atoms with van der Waals surface area (Å²) in [5.41, 5.74) is 3.20. The largest absolute Gasteiger partial charge is 0.386 e. The van der Waals surface area contributed by atoms with E-state index in [1.54, 1.807) is 25.5 Å². The van der Waals surface area contributed by atoms with Gasteiger partial charge in [-0.1, -0.05) is 18.2 Å². The van der Waals surface area contributed by atoms with Crippen LogP contribution in [0.5, 0.6) is 0 Å². The van der Waals surface area contributed by atoms with Crippen LogP contribution in [0.2, 0.25) is 0 Å². The summed E-state index contributed by atoms with van der Waals surface area (Å²) in [7, 11) is 1.76. The van der Waals surface area contributed by atoms with Crippen molar-refractivity contribution in [1.82, 2.24) is 4.98 Å². The molecule has 2 N–H and O–H groups in total. The summed E-state index contributed by atoms with van der Waals surface area (Å²) in [4.78, 5) is 16.2. The number of hydrogen-bond acceptors (Lipinski definition) is 3. The van der Waals surface area contributed by atoms with Crippen LogP contribution in [0.3, 0.4) is 0 Å². The first-order valence-corrected chi connectivity index (χ1v) is 6.37. The fourth-order valence-electron chi connectivity index (χ4n) is 1.88. The highest BCUT2D eigenvalue weighted by Crippen LogP contribution is 2.16. The molecule has 0 fully saturated rings. The molecule has 2 aromatic rings. The van der Waals surface area contributed by atoms with Crippen LogP contribution in [0.15, 0.2) is 55.4 Å². The highest BCUT2D eigenvalue weighted by Gasteiger charge is 2.10. The Balaban J connectivity index is 2.13. The molecule has 0 saturated heterocycles. The van der Waals surface area contributed by atoms with E-state index in [-0.39, 0.29) is 5.91 Å². The summed E-state index contributed by atoms with van der Waals surface area (Å²) in [6.07, 6.45) is 5.90. The molecule has 0 spiro atoms. The number of rotatable bonds is 5. The number of nitrogens with one attached hydrogen (secondary N) is 2. The highest BCUT2D eigenvalue weighted by atomic mass is 16.1. The maximum absolute atomic E-state index is 12.2. The number of pyridine rings is 1. The standard InChI is InChI=1S/C16H17N3O/c1-3-4-12-5-7-13(8-6-12)19-16(20)14-9-10-18-11-15(14)17-2/h3,5-11,17H,1,4H2,2H3,(H,19,20). The lowest BCUT2D eigenvalue weighted by Gasteiger charge is -2.09. The molecule has 0 unspecified atom stereocenters. The third-order valence-corrected chi connectivity index (χ3v) is 2.93. The first-order chi connectivity index (χ1) is 9.74. The van der Waals surface area contributed by atoms with E-state index in [4.69, 9.17) is 0 Å². The predicted molar refractivity (Wildman–Crippen MR) is 82.1 cm³/mol. The molecule has 102 valence electrons. The van der Waals surface area contributed by atoms with E-state index in [2.05, 4.69) is 22.2 Å². The summed E-state index contributed by atoms with van der Waals surface area (Å²) in [6.45, 7) is 3.70. The first kappa shape index (κ1) is 13.8. The van der Waals surface area contributed by atoms with Crippen LogP contribution in [0.25, 0.3) is 0 Å². The minimum absolute atomic E-state index is 0.159. The third-order valence-electron chi connectivity index (χ3n) is 2.93. The Morgan fingerprint density at radius 3 is 2.70 bits per heavy atom. The highest BCUT2D eigenvalue weighted by molar-refractivity contribution is 6.07. The zero-order valence-corrected chi connectivity index (χ0v) is 11.4. The van der Waals surface area contributed by atoms with Crippen LogP contribution < -0.4 is 10.6 Å². The van der Waals surface area contributed by atoms with Crippen molar-refractivity contribution in [3.63, 3.8) is 0 Å². The second-order valence-corrected chi connectivity index (χ2v) is 4.32. The van der Waals surface area contributed by atoms with Gasteiger partial charge in [-0.15, -0.1) is 6.58 Å². The van der Waals surface area contributed by atoms with E-state index >= 15 is 0 Å². The lowest BCUT2D eigenvalue weighted by molar-refractivity contribution is 0.102. The maximum Gasteiger partial charge on any atom is 0.257 e. The van der Waals surface area contributed by atoms with Crippen molar-refractivity contribution < 1.29 is 4.79 Å². The molecule has 0 aliphatic rings.